The number of nitrogens with one attached hydrogen (secondary N) is 1. The summed E-state index contributed by atoms with van der Waals surface area (Å²) >= 11 is 0. The van der Waals surface area contributed by atoms with Crippen molar-refractivity contribution in [1.29, 1.82) is 0 Å². The van der Waals surface area contributed by atoms with Gasteiger partial charge in [0.25, 0.3) is 0 Å². The number of amides is 1. The van der Waals surface area contributed by atoms with Gasteiger partial charge < -0.3 is 10.1 Å². The first-order valence-electron chi connectivity index (χ1n) is 8.65. The third kappa shape index (κ3) is 4.00. The predicted octanol–water partition coefficient (Wildman–Crippen LogP) is 4.02. The van der Waals surface area contributed by atoms with Crippen LogP contribution in [-0.2, 0) is 4.74 Å². The zero-order chi connectivity index (χ0) is 18.2. The zero-order valence-electron chi connectivity index (χ0n) is 14.8. The van der Waals surface area contributed by atoms with E-state index in [0.29, 0.717) is 11.1 Å². The maximum absolute atomic E-state index is 13.8. The fourth-order valence-electron chi connectivity index (χ4n) is 3.46. The zero-order valence-corrected chi connectivity index (χ0v) is 14.8. The lowest BCUT2D eigenvalue weighted by Gasteiger charge is -2.36. The summed E-state index contributed by atoms with van der Waals surface area (Å²) in [5.74, 6) is -1.80. The number of rotatable bonds is 2. The van der Waals surface area contributed by atoms with E-state index in [-0.39, 0.29) is 6.04 Å². The van der Waals surface area contributed by atoms with Crippen LogP contribution in [0.3, 0.4) is 0 Å². The van der Waals surface area contributed by atoms with Gasteiger partial charge in [-0.25, -0.2) is 13.6 Å². The maximum atomic E-state index is 13.8. The Morgan fingerprint density at radius 3 is 2.48 bits per heavy atom. The van der Waals surface area contributed by atoms with Crippen LogP contribution in [0.2, 0.25) is 0 Å². The molecule has 3 rings (SSSR count). The van der Waals surface area contributed by atoms with Crippen molar-refractivity contribution in [2.24, 2.45) is 0 Å². The second-order valence-corrected chi connectivity index (χ2v) is 7.61. The summed E-state index contributed by atoms with van der Waals surface area (Å²) in [4.78, 5) is 14.6. The molecule has 1 aliphatic carbocycles. The molecule has 1 aromatic carbocycles. The highest BCUT2D eigenvalue weighted by molar-refractivity contribution is 5.70. The molecule has 1 amide bonds. The number of hydrogen-bond acceptors (Lipinski definition) is 3. The lowest BCUT2D eigenvalue weighted by Crippen LogP contribution is -2.46. The number of halogens is 2. The highest BCUT2D eigenvalue weighted by Crippen LogP contribution is 2.34. The number of carbonyl (C=O) groups is 1. The molecule has 1 fully saturated rings. The van der Waals surface area contributed by atoms with E-state index in [9.17, 15) is 13.6 Å². The Labute approximate surface area is 146 Å². The van der Waals surface area contributed by atoms with Gasteiger partial charge in [0.1, 0.15) is 5.60 Å². The summed E-state index contributed by atoms with van der Waals surface area (Å²) in [5, 5.41) is 2.86. The summed E-state index contributed by atoms with van der Waals surface area (Å²) in [5.41, 5.74) is 0.522. The molecule has 1 saturated heterocycles. The minimum atomic E-state index is -0.912. The molecule has 0 unspecified atom stereocenters. The molecule has 0 saturated carbocycles. The van der Waals surface area contributed by atoms with Gasteiger partial charge in [0.2, 0.25) is 0 Å². The quantitative estimate of drug-likeness (QED) is 0.876. The first-order chi connectivity index (χ1) is 11.7. The van der Waals surface area contributed by atoms with Crippen LogP contribution in [0.25, 0.3) is 6.08 Å². The van der Waals surface area contributed by atoms with Crippen LogP contribution in [0.15, 0.2) is 18.2 Å². The molecule has 1 aromatic rings. The van der Waals surface area contributed by atoms with Gasteiger partial charge in [0, 0.05) is 0 Å². The van der Waals surface area contributed by atoms with Gasteiger partial charge in [-0.2, -0.15) is 0 Å². The van der Waals surface area contributed by atoms with Crippen LogP contribution in [0.4, 0.5) is 13.6 Å². The van der Waals surface area contributed by atoms with Crippen LogP contribution in [0.1, 0.15) is 50.8 Å². The Hall–Kier alpha value is -1.95. The molecular weight excluding hydrogens is 326 g/mol. The molecule has 2 atom stereocenters. The Kier molecular flexibility index (Phi) is 4.82. The van der Waals surface area contributed by atoms with Crippen molar-refractivity contribution in [2.45, 2.75) is 51.3 Å². The number of likely N-dealkylation sites (tertiary alicyclic amines) is 1. The largest absolute Gasteiger partial charge is 0.444 e. The summed E-state index contributed by atoms with van der Waals surface area (Å²) in [6.45, 7) is 7.19. The number of carbonyl (C=O) groups excluding carboxylic acids is 1. The van der Waals surface area contributed by atoms with Crippen molar-refractivity contribution in [1.82, 2.24) is 10.2 Å². The Morgan fingerprint density at radius 2 is 1.84 bits per heavy atom. The number of alkyl carbamates (subject to hydrolysis) is 1. The van der Waals surface area contributed by atoms with Crippen molar-refractivity contribution in [3.63, 3.8) is 0 Å². The lowest BCUT2D eigenvalue weighted by molar-refractivity contribution is 0.0478. The van der Waals surface area contributed by atoms with Crippen molar-refractivity contribution >= 4 is 12.2 Å². The summed E-state index contributed by atoms with van der Waals surface area (Å²) in [7, 11) is 0. The van der Waals surface area contributed by atoms with Gasteiger partial charge in [-0.05, 0) is 70.0 Å². The van der Waals surface area contributed by atoms with Crippen LogP contribution < -0.4 is 5.32 Å². The second kappa shape index (κ2) is 6.75. The van der Waals surface area contributed by atoms with Crippen molar-refractivity contribution in [3.8, 4) is 0 Å². The average Bonchev–Trinajstić information content (AvgIpc) is 3.01. The first kappa shape index (κ1) is 17.9. The van der Waals surface area contributed by atoms with Crippen LogP contribution in [-0.4, -0.2) is 35.7 Å². The van der Waals surface area contributed by atoms with Crippen LogP contribution in [0, 0.1) is 11.6 Å². The fraction of sp³-hybridized carbons (Fsp3) is 0.526. The summed E-state index contributed by atoms with van der Waals surface area (Å²) in [6.07, 6.45) is 5.37. The molecule has 6 heteroatoms. The van der Waals surface area contributed by atoms with E-state index in [2.05, 4.69) is 10.2 Å². The molecule has 1 heterocycles. The van der Waals surface area contributed by atoms with Gasteiger partial charge in [-0.1, -0.05) is 12.2 Å². The molecule has 25 heavy (non-hydrogen) atoms. The van der Waals surface area contributed by atoms with Gasteiger partial charge in [-0.3, -0.25) is 4.90 Å². The molecule has 0 spiro atoms. The lowest BCUT2D eigenvalue weighted by atomic mass is 9.88. The van der Waals surface area contributed by atoms with Crippen LogP contribution >= 0.6 is 0 Å². The Balaban J connectivity index is 1.92. The molecule has 2 aliphatic rings. The average molecular weight is 350 g/mol. The van der Waals surface area contributed by atoms with E-state index in [4.69, 9.17) is 4.74 Å². The molecule has 0 aromatic heterocycles. The maximum Gasteiger partial charge on any atom is 0.408 e. The molecule has 136 valence electrons. The summed E-state index contributed by atoms with van der Waals surface area (Å²) < 4.78 is 32.8. The highest BCUT2D eigenvalue weighted by Gasteiger charge is 2.35. The molecule has 4 nitrogen and oxygen atoms in total. The third-order valence-corrected chi connectivity index (χ3v) is 4.51. The van der Waals surface area contributed by atoms with Gasteiger partial charge in [0.05, 0.1) is 12.1 Å². The number of benzene rings is 1. The fourth-order valence-corrected chi connectivity index (χ4v) is 3.46. The molecule has 1 N–H and O–H groups in total. The van der Waals surface area contributed by atoms with E-state index < -0.39 is 29.4 Å². The number of ether oxygens (including phenoxy) is 1. The summed E-state index contributed by atoms with van der Waals surface area (Å²) in [6, 6.07) is 1.76. The van der Waals surface area contributed by atoms with Gasteiger partial charge in [-0.15, -0.1) is 0 Å². The molecule has 0 bridgehead atoms. The van der Waals surface area contributed by atoms with Gasteiger partial charge >= 0.3 is 6.09 Å². The van der Waals surface area contributed by atoms with Crippen molar-refractivity contribution in [3.05, 3.63) is 41.0 Å². The Morgan fingerprint density at radius 1 is 1.20 bits per heavy atom. The van der Waals surface area contributed by atoms with Crippen LogP contribution in [0.5, 0.6) is 0 Å². The minimum absolute atomic E-state index is 0.104. The van der Waals surface area contributed by atoms with Crippen molar-refractivity contribution in [2.75, 3.05) is 13.1 Å². The van der Waals surface area contributed by atoms with Crippen molar-refractivity contribution < 1.29 is 18.3 Å². The monoisotopic (exact) mass is 350 g/mol. The van der Waals surface area contributed by atoms with Gasteiger partial charge in [0.15, 0.2) is 11.6 Å². The topological polar surface area (TPSA) is 41.6 Å². The predicted molar refractivity (Wildman–Crippen MR) is 92.1 cm³/mol. The SMILES string of the molecule is CC(C)(C)OC(=O)N[C@H]1c2cc(F)c(F)cc2C=C[C@@H]1N1CCCC1. The third-order valence-electron chi connectivity index (χ3n) is 4.51. The molecule has 0 radical (unpaired) electrons. The standard InChI is InChI=1S/C19H24F2N2O2/c1-19(2,3)25-18(24)22-17-13-11-15(21)14(20)10-12(13)6-7-16(17)23-8-4-5-9-23/h6-7,10-11,16-17H,4-5,8-9H2,1-3H3,(H,22,24)/t16-,17-/m0/s1. The van der Waals surface area contributed by atoms with E-state index in [0.717, 1.165) is 25.9 Å². The normalized spacial score (nSPS) is 23.4. The van der Waals surface area contributed by atoms with E-state index in [1.54, 1.807) is 26.8 Å². The highest BCUT2D eigenvalue weighted by atomic mass is 19.2. The first-order valence-corrected chi connectivity index (χ1v) is 8.65. The number of nitrogens with zero attached hydrogens (tertiary/aromatic N) is 1. The number of hydrogen-bond donors (Lipinski definition) is 1. The molecule has 1 aliphatic heterocycles. The van der Waals surface area contributed by atoms with E-state index >= 15 is 0 Å². The smallest absolute Gasteiger partial charge is 0.408 e. The number of fused-ring (bicyclic) bond motifs is 1. The molecular formula is C19H24F2N2O2. The Bertz CT molecular complexity index is 691. The van der Waals surface area contributed by atoms with E-state index in [1.165, 1.54) is 12.1 Å². The minimum Gasteiger partial charge on any atom is -0.444 e. The van der Waals surface area contributed by atoms with E-state index in [1.807, 2.05) is 6.08 Å². The second-order valence-electron chi connectivity index (χ2n) is 7.61.